The van der Waals surface area contributed by atoms with E-state index < -0.39 is 5.54 Å². The van der Waals surface area contributed by atoms with Crippen LogP contribution < -0.4 is 5.32 Å². The van der Waals surface area contributed by atoms with Gasteiger partial charge in [-0.2, -0.15) is 0 Å². The van der Waals surface area contributed by atoms with Crippen LogP contribution in [0.3, 0.4) is 0 Å². The fourth-order valence-electron chi connectivity index (χ4n) is 2.47. The summed E-state index contributed by atoms with van der Waals surface area (Å²) in [5.74, 6) is 5.12. The predicted molar refractivity (Wildman–Crippen MR) is 74.4 cm³/mol. The van der Waals surface area contributed by atoms with Gasteiger partial charge in [-0.05, 0) is 25.0 Å². The molecular formula is C16H19NO2. The largest absolute Gasteiger partial charge is 0.394 e. The lowest BCUT2D eigenvalue weighted by Gasteiger charge is -2.35. The summed E-state index contributed by atoms with van der Waals surface area (Å²) < 4.78 is 0. The van der Waals surface area contributed by atoms with Crippen molar-refractivity contribution < 1.29 is 9.90 Å². The molecule has 19 heavy (non-hydrogen) atoms. The van der Waals surface area contributed by atoms with Gasteiger partial charge >= 0.3 is 0 Å². The molecule has 0 heterocycles. The number of rotatable bonds is 2. The van der Waals surface area contributed by atoms with Gasteiger partial charge in [0.1, 0.15) is 0 Å². The van der Waals surface area contributed by atoms with E-state index in [2.05, 4.69) is 17.2 Å². The van der Waals surface area contributed by atoms with Crippen LogP contribution in [0.4, 0.5) is 0 Å². The fourth-order valence-corrected chi connectivity index (χ4v) is 2.47. The fraction of sp³-hybridized carbons (Fsp3) is 0.438. The molecule has 0 radical (unpaired) electrons. The topological polar surface area (TPSA) is 49.3 Å². The number of hydrogen-bond acceptors (Lipinski definition) is 2. The number of nitrogens with one attached hydrogen (secondary N) is 1. The zero-order valence-corrected chi connectivity index (χ0v) is 11.0. The van der Waals surface area contributed by atoms with Crippen molar-refractivity contribution in [2.45, 2.75) is 37.6 Å². The lowest BCUT2D eigenvalue weighted by Crippen LogP contribution is -2.52. The summed E-state index contributed by atoms with van der Waals surface area (Å²) in [6.07, 6.45) is 4.94. The Morgan fingerprint density at radius 2 is 1.89 bits per heavy atom. The van der Waals surface area contributed by atoms with E-state index >= 15 is 0 Å². The number of benzene rings is 1. The molecule has 1 aliphatic rings. The van der Waals surface area contributed by atoms with Gasteiger partial charge in [-0.1, -0.05) is 43.4 Å². The SMILES string of the molecule is O=C(C#Cc1ccccc1)NC1(CO)CCCCC1. The van der Waals surface area contributed by atoms with Crippen molar-refractivity contribution in [3.63, 3.8) is 0 Å². The Morgan fingerprint density at radius 1 is 1.21 bits per heavy atom. The van der Waals surface area contributed by atoms with Crippen LogP contribution in [0.25, 0.3) is 0 Å². The van der Waals surface area contributed by atoms with Gasteiger partial charge in [0, 0.05) is 11.5 Å². The van der Waals surface area contributed by atoms with E-state index in [1.807, 2.05) is 30.3 Å². The Kier molecular flexibility index (Phi) is 4.59. The maximum Gasteiger partial charge on any atom is 0.296 e. The Hall–Kier alpha value is -1.79. The van der Waals surface area contributed by atoms with E-state index in [0.717, 1.165) is 31.2 Å². The van der Waals surface area contributed by atoms with Gasteiger partial charge in [-0.15, -0.1) is 0 Å². The molecule has 0 unspecified atom stereocenters. The zero-order valence-electron chi connectivity index (χ0n) is 11.0. The first-order chi connectivity index (χ1) is 9.24. The first kappa shape index (κ1) is 13.6. The number of carbonyl (C=O) groups is 1. The third-order valence-corrected chi connectivity index (χ3v) is 3.59. The number of aliphatic hydroxyl groups is 1. The number of amides is 1. The number of carbonyl (C=O) groups excluding carboxylic acids is 1. The van der Waals surface area contributed by atoms with Crippen LogP contribution in [0.2, 0.25) is 0 Å². The Balaban J connectivity index is 1.99. The smallest absolute Gasteiger partial charge is 0.296 e. The summed E-state index contributed by atoms with van der Waals surface area (Å²) in [7, 11) is 0. The third-order valence-electron chi connectivity index (χ3n) is 3.59. The van der Waals surface area contributed by atoms with Crippen LogP contribution in [-0.2, 0) is 4.79 Å². The molecule has 1 amide bonds. The van der Waals surface area contributed by atoms with Gasteiger partial charge in [0.15, 0.2) is 0 Å². The molecule has 1 aliphatic carbocycles. The van der Waals surface area contributed by atoms with Gasteiger partial charge < -0.3 is 10.4 Å². The minimum absolute atomic E-state index is 0.00818. The molecular weight excluding hydrogens is 238 g/mol. The van der Waals surface area contributed by atoms with Gasteiger partial charge in [0.05, 0.1) is 12.1 Å². The summed E-state index contributed by atoms with van der Waals surface area (Å²) in [4.78, 5) is 11.9. The van der Waals surface area contributed by atoms with Crippen molar-refractivity contribution in [3.05, 3.63) is 35.9 Å². The van der Waals surface area contributed by atoms with E-state index in [-0.39, 0.29) is 12.5 Å². The molecule has 1 fully saturated rings. The summed E-state index contributed by atoms with van der Waals surface area (Å²) in [5.41, 5.74) is 0.361. The number of hydrogen-bond donors (Lipinski definition) is 2. The second kappa shape index (κ2) is 6.40. The molecule has 0 bridgehead atoms. The third kappa shape index (κ3) is 3.84. The highest BCUT2D eigenvalue weighted by atomic mass is 16.3. The first-order valence-electron chi connectivity index (χ1n) is 6.74. The van der Waals surface area contributed by atoms with E-state index in [1.54, 1.807) is 0 Å². The predicted octanol–water partition coefficient (Wildman–Crippen LogP) is 1.85. The highest BCUT2D eigenvalue weighted by molar-refractivity contribution is 5.94. The van der Waals surface area contributed by atoms with Crippen LogP contribution in [0.1, 0.15) is 37.7 Å². The van der Waals surface area contributed by atoms with E-state index in [9.17, 15) is 9.90 Å². The summed E-state index contributed by atoms with van der Waals surface area (Å²) in [5, 5.41) is 12.4. The zero-order chi connectivity index (χ0) is 13.6. The van der Waals surface area contributed by atoms with E-state index in [4.69, 9.17) is 0 Å². The molecule has 3 heteroatoms. The van der Waals surface area contributed by atoms with Gasteiger partial charge in [-0.3, -0.25) is 4.79 Å². The quantitative estimate of drug-likeness (QED) is 0.794. The molecule has 1 aromatic carbocycles. The van der Waals surface area contributed by atoms with Crippen molar-refractivity contribution in [1.29, 1.82) is 0 Å². The van der Waals surface area contributed by atoms with Crippen LogP contribution >= 0.6 is 0 Å². The normalized spacial score (nSPS) is 17.1. The molecule has 0 aliphatic heterocycles. The van der Waals surface area contributed by atoms with E-state index in [1.165, 1.54) is 6.42 Å². The molecule has 0 spiro atoms. The molecule has 0 saturated heterocycles. The summed E-state index contributed by atoms with van der Waals surface area (Å²) in [6.45, 7) is -0.00818. The van der Waals surface area contributed by atoms with E-state index in [0.29, 0.717) is 0 Å². The molecule has 0 aromatic heterocycles. The monoisotopic (exact) mass is 257 g/mol. The lowest BCUT2D eigenvalue weighted by atomic mass is 9.82. The Morgan fingerprint density at radius 3 is 2.53 bits per heavy atom. The maximum atomic E-state index is 11.9. The average Bonchev–Trinajstić information content (AvgIpc) is 2.47. The van der Waals surface area contributed by atoms with Crippen molar-refractivity contribution in [1.82, 2.24) is 5.32 Å². The van der Waals surface area contributed by atoms with Crippen LogP contribution in [0, 0.1) is 11.8 Å². The maximum absolute atomic E-state index is 11.9. The minimum Gasteiger partial charge on any atom is -0.394 e. The second-order valence-electron chi connectivity index (χ2n) is 5.07. The minimum atomic E-state index is -0.458. The molecule has 2 N–H and O–H groups in total. The average molecular weight is 257 g/mol. The molecule has 3 nitrogen and oxygen atoms in total. The second-order valence-corrected chi connectivity index (χ2v) is 5.07. The molecule has 2 rings (SSSR count). The van der Waals surface area contributed by atoms with Gasteiger partial charge in [-0.25, -0.2) is 0 Å². The summed E-state index contributed by atoms with van der Waals surface area (Å²) in [6, 6.07) is 9.41. The van der Waals surface area contributed by atoms with Crippen LogP contribution in [0.15, 0.2) is 30.3 Å². The highest BCUT2D eigenvalue weighted by Gasteiger charge is 2.32. The summed E-state index contributed by atoms with van der Waals surface area (Å²) >= 11 is 0. The number of aliphatic hydroxyl groups excluding tert-OH is 1. The first-order valence-corrected chi connectivity index (χ1v) is 6.74. The highest BCUT2D eigenvalue weighted by Crippen LogP contribution is 2.27. The van der Waals surface area contributed by atoms with Crippen molar-refractivity contribution in [2.24, 2.45) is 0 Å². The molecule has 1 aromatic rings. The standard InChI is InChI=1S/C16H19NO2/c18-13-16(11-5-2-6-12-16)17-15(19)10-9-14-7-3-1-4-8-14/h1,3-4,7-8,18H,2,5-6,11-13H2,(H,17,19). The van der Waals surface area contributed by atoms with Crippen molar-refractivity contribution in [3.8, 4) is 11.8 Å². The lowest BCUT2D eigenvalue weighted by molar-refractivity contribution is -0.118. The molecule has 100 valence electrons. The van der Waals surface area contributed by atoms with Gasteiger partial charge in [0.25, 0.3) is 5.91 Å². The van der Waals surface area contributed by atoms with Crippen LogP contribution in [-0.4, -0.2) is 23.2 Å². The Labute approximate surface area is 114 Å². The Bertz CT molecular complexity index is 478. The van der Waals surface area contributed by atoms with Crippen molar-refractivity contribution in [2.75, 3.05) is 6.61 Å². The molecule has 1 saturated carbocycles. The van der Waals surface area contributed by atoms with Gasteiger partial charge in [0.2, 0.25) is 0 Å². The van der Waals surface area contributed by atoms with Crippen molar-refractivity contribution >= 4 is 5.91 Å². The molecule has 0 atom stereocenters. The van der Waals surface area contributed by atoms with Crippen LogP contribution in [0.5, 0.6) is 0 Å².